The Morgan fingerprint density at radius 1 is 1.26 bits per heavy atom. The minimum Gasteiger partial charge on any atom is -0.481 e. The lowest BCUT2D eigenvalue weighted by Crippen LogP contribution is -2.14. The van der Waals surface area contributed by atoms with E-state index >= 15 is 0 Å². The normalized spacial score (nSPS) is 15.9. The number of pyridine rings is 1. The lowest BCUT2D eigenvalue weighted by Gasteiger charge is -2.02. The molecule has 4 rings (SSSR count). The second kappa shape index (κ2) is 9.11. The number of benzene rings is 1. The molecule has 1 aliphatic heterocycles. The monoisotopic (exact) mass is 369 g/mol. The molecule has 27 heavy (non-hydrogen) atoms. The van der Waals surface area contributed by atoms with Gasteiger partial charge in [-0.25, -0.2) is 4.98 Å². The summed E-state index contributed by atoms with van der Waals surface area (Å²) in [5.74, 6) is 0.529. The molecule has 1 unspecified atom stereocenters. The molecular weight excluding hydrogens is 346 g/mol. The zero-order valence-electron chi connectivity index (χ0n) is 15.4. The molecule has 1 saturated heterocycles. The largest absolute Gasteiger partial charge is 0.481 e. The maximum Gasteiger partial charge on any atom is 0.213 e. The Hall–Kier alpha value is -2.97. The van der Waals surface area contributed by atoms with Crippen LogP contribution in [0.3, 0.4) is 0 Å². The molecule has 2 aromatic heterocycles. The molecule has 3 N–H and O–H groups in total. The molecule has 1 fully saturated rings. The number of carbonyl (C=O) groups is 1. The van der Waals surface area contributed by atoms with Gasteiger partial charge in [0.05, 0.1) is 18.7 Å². The van der Waals surface area contributed by atoms with Gasteiger partial charge < -0.3 is 20.1 Å². The van der Waals surface area contributed by atoms with Crippen molar-refractivity contribution < 1.29 is 14.3 Å². The van der Waals surface area contributed by atoms with Crippen LogP contribution in [0.25, 0.3) is 22.2 Å². The number of hydrogen-bond donors (Lipinski definition) is 3. The van der Waals surface area contributed by atoms with Crippen molar-refractivity contribution in [3.63, 3.8) is 0 Å². The summed E-state index contributed by atoms with van der Waals surface area (Å²) in [6.45, 7) is 2.16. The topological polar surface area (TPSA) is 101 Å². The van der Waals surface area contributed by atoms with E-state index in [1.54, 1.807) is 20.4 Å². The number of aromatic amines is 1. The summed E-state index contributed by atoms with van der Waals surface area (Å²) in [6.07, 6.45) is 3.98. The SMILES string of the molecule is COC1CCNC1.COc1cc(-c2n[nH]c3ccc(NC=O)cc23)ccn1. The van der Waals surface area contributed by atoms with Crippen LogP contribution in [-0.4, -0.2) is 55.0 Å². The van der Waals surface area contributed by atoms with Gasteiger partial charge in [-0.3, -0.25) is 9.89 Å². The van der Waals surface area contributed by atoms with Gasteiger partial charge in [0.15, 0.2) is 0 Å². The molecule has 0 spiro atoms. The summed E-state index contributed by atoms with van der Waals surface area (Å²) in [5, 5.41) is 14.0. The Balaban J connectivity index is 0.000000253. The van der Waals surface area contributed by atoms with Crippen LogP contribution in [0.15, 0.2) is 36.5 Å². The van der Waals surface area contributed by atoms with E-state index in [1.165, 1.54) is 6.42 Å². The predicted octanol–water partition coefficient (Wildman–Crippen LogP) is 2.20. The minimum absolute atomic E-state index is 0.486. The van der Waals surface area contributed by atoms with Gasteiger partial charge in [-0.1, -0.05) is 0 Å². The fourth-order valence-electron chi connectivity index (χ4n) is 2.89. The number of methoxy groups -OCH3 is 2. The van der Waals surface area contributed by atoms with Crippen molar-refractivity contribution in [3.8, 4) is 17.1 Å². The average Bonchev–Trinajstić information content (AvgIpc) is 3.38. The number of nitrogens with one attached hydrogen (secondary N) is 3. The first-order valence-corrected chi connectivity index (χ1v) is 8.67. The number of anilines is 1. The molecule has 142 valence electrons. The molecule has 0 radical (unpaired) electrons. The van der Waals surface area contributed by atoms with E-state index in [-0.39, 0.29) is 0 Å². The highest BCUT2D eigenvalue weighted by atomic mass is 16.5. The smallest absolute Gasteiger partial charge is 0.213 e. The number of H-pyrrole nitrogens is 1. The fourth-order valence-corrected chi connectivity index (χ4v) is 2.89. The second-order valence-corrected chi connectivity index (χ2v) is 6.03. The molecule has 3 heterocycles. The number of aromatic nitrogens is 3. The molecule has 3 aromatic rings. The Morgan fingerprint density at radius 3 is 2.81 bits per heavy atom. The maximum atomic E-state index is 10.5. The lowest BCUT2D eigenvalue weighted by molar-refractivity contribution is -0.105. The highest BCUT2D eigenvalue weighted by Crippen LogP contribution is 2.29. The third-order valence-electron chi connectivity index (χ3n) is 4.35. The van der Waals surface area contributed by atoms with Gasteiger partial charge >= 0.3 is 0 Å². The van der Waals surface area contributed by atoms with E-state index in [4.69, 9.17) is 9.47 Å². The van der Waals surface area contributed by atoms with Crippen LogP contribution < -0.4 is 15.4 Å². The van der Waals surface area contributed by atoms with Crippen LogP contribution in [0.5, 0.6) is 5.88 Å². The summed E-state index contributed by atoms with van der Waals surface area (Å²) in [6, 6.07) is 9.23. The van der Waals surface area contributed by atoms with Crippen molar-refractivity contribution in [1.29, 1.82) is 0 Å². The van der Waals surface area contributed by atoms with Crippen molar-refractivity contribution in [2.75, 3.05) is 32.6 Å². The molecule has 1 atom stereocenters. The minimum atomic E-state index is 0.486. The predicted molar refractivity (Wildman–Crippen MR) is 104 cm³/mol. The van der Waals surface area contributed by atoms with Gasteiger partial charge in [0.1, 0.15) is 5.69 Å². The first kappa shape index (κ1) is 18.8. The van der Waals surface area contributed by atoms with Gasteiger partial charge in [-0.2, -0.15) is 5.10 Å². The number of rotatable bonds is 5. The van der Waals surface area contributed by atoms with Gasteiger partial charge in [0, 0.05) is 42.6 Å². The third kappa shape index (κ3) is 4.60. The van der Waals surface area contributed by atoms with Crippen molar-refractivity contribution >= 4 is 23.0 Å². The van der Waals surface area contributed by atoms with Gasteiger partial charge in [0.25, 0.3) is 0 Å². The molecule has 8 heteroatoms. The number of hydrogen-bond acceptors (Lipinski definition) is 6. The molecular formula is C19H23N5O3. The molecule has 0 saturated carbocycles. The van der Waals surface area contributed by atoms with Gasteiger partial charge in [-0.05, 0) is 37.2 Å². The Bertz CT molecular complexity index is 890. The maximum absolute atomic E-state index is 10.5. The number of ether oxygens (including phenoxy) is 2. The van der Waals surface area contributed by atoms with E-state index in [1.807, 2.05) is 30.3 Å². The number of amides is 1. The van der Waals surface area contributed by atoms with Crippen LogP contribution in [0.2, 0.25) is 0 Å². The van der Waals surface area contributed by atoms with Crippen LogP contribution in [0, 0.1) is 0 Å². The van der Waals surface area contributed by atoms with Crippen LogP contribution >= 0.6 is 0 Å². The molecule has 1 aliphatic rings. The molecule has 1 aromatic carbocycles. The number of carbonyl (C=O) groups excluding carboxylic acids is 1. The standard InChI is InChI=1S/C14H12N4O2.C5H11NO/c1-20-13-6-9(4-5-15-13)14-11-7-10(16-8-19)2-3-12(11)17-18-14;1-7-5-2-3-6-4-5/h2-8H,1H3,(H,16,19)(H,17,18);5-6H,2-4H2,1H3. The van der Waals surface area contributed by atoms with Crippen LogP contribution in [0.1, 0.15) is 6.42 Å². The van der Waals surface area contributed by atoms with E-state index < -0.39 is 0 Å². The van der Waals surface area contributed by atoms with Crippen molar-refractivity contribution in [3.05, 3.63) is 36.5 Å². The van der Waals surface area contributed by atoms with Gasteiger partial charge in [-0.15, -0.1) is 0 Å². The molecule has 0 bridgehead atoms. The summed E-state index contributed by atoms with van der Waals surface area (Å²) in [7, 11) is 3.33. The highest BCUT2D eigenvalue weighted by Gasteiger charge is 2.11. The number of fused-ring (bicyclic) bond motifs is 1. The van der Waals surface area contributed by atoms with Crippen LogP contribution in [0.4, 0.5) is 5.69 Å². The van der Waals surface area contributed by atoms with Gasteiger partial charge in [0.2, 0.25) is 12.3 Å². The van der Waals surface area contributed by atoms with E-state index in [2.05, 4.69) is 25.8 Å². The van der Waals surface area contributed by atoms with Crippen molar-refractivity contribution in [2.45, 2.75) is 12.5 Å². The summed E-state index contributed by atoms with van der Waals surface area (Å²) in [5.41, 5.74) is 3.30. The fraction of sp³-hybridized carbons (Fsp3) is 0.316. The van der Waals surface area contributed by atoms with Crippen LogP contribution in [-0.2, 0) is 9.53 Å². The first-order chi connectivity index (χ1) is 13.2. The Kier molecular flexibility index (Phi) is 6.35. The molecule has 0 aliphatic carbocycles. The van der Waals surface area contributed by atoms with E-state index in [9.17, 15) is 4.79 Å². The molecule has 8 nitrogen and oxygen atoms in total. The van der Waals surface area contributed by atoms with Crippen molar-refractivity contribution in [2.24, 2.45) is 0 Å². The van der Waals surface area contributed by atoms with Crippen molar-refractivity contribution in [1.82, 2.24) is 20.5 Å². The lowest BCUT2D eigenvalue weighted by atomic mass is 10.1. The summed E-state index contributed by atoms with van der Waals surface area (Å²) < 4.78 is 10.2. The third-order valence-corrected chi connectivity index (χ3v) is 4.35. The Labute approximate surface area is 157 Å². The van der Waals surface area contributed by atoms with E-state index in [0.717, 1.165) is 40.9 Å². The second-order valence-electron chi connectivity index (χ2n) is 6.03. The van der Waals surface area contributed by atoms with E-state index in [0.29, 0.717) is 18.4 Å². The average molecular weight is 369 g/mol. The zero-order chi connectivity index (χ0) is 19.1. The summed E-state index contributed by atoms with van der Waals surface area (Å²) >= 11 is 0. The highest BCUT2D eigenvalue weighted by molar-refractivity contribution is 5.95. The number of nitrogens with zero attached hydrogens (tertiary/aromatic N) is 2. The Morgan fingerprint density at radius 2 is 2.15 bits per heavy atom. The quantitative estimate of drug-likeness (QED) is 0.596. The first-order valence-electron chi connectivity index (χ1n) is 8.67. The summed E-state index contributed by atoms with van der Waals surface area (Å²) in [4.78, 5) is 14.6. The zero-order valence-corrected chi connectivity index (χ0v) is 15.4. The molecule has 1 amide bonds.